The first-order valence-electron chi connectivity index (χ1n) is 5.60. The van der Waals surface area contributed by atoms with Crippen molar-refractivity contribution in [2.75, 3.05) is 26.9 Å². The van der Waals surface area contributed by atoms with E-state index in [0.717, 1.165) is 6.61 Å². The smallest absolute Gasteiger partial charge is 0.0701 e. The lowest BCUT2D eigenvalue weighted by Crippen LogP contribution is -2.32. The van der Waals surface area contributed by atoms with Gasteiger partial charge < -0.3 is 14.8 Å². The van der Waals surface area contributed by atoms with Crippen molar-refractivity contribution in [3.8, 4) is 0 Å². The molecule has 0 spiro atoms. The van der Waals surface area contributed by atoms with Gasteiger partial charge in [0.2, 0.25) is 0 Å². The SMILES string of the molecule is COCCOCC(C)NC(C)c1cccs1. The third-order valence-corrected chi connectivity index (χ3v) is 3.36. The zero-order chi connectivity index (χ0) is 11.8. The molecule has 4 heteroatoms. The molecule has 0 aromatic carbocycles. The molecule has 0 saturated carbocycles. The fourth-order valence-electron chi connectivity index (χ4n) is 1.50. The molecular formula is C12H21NO2S. The quantitative estimate of drug-likeness (QED) is 0.711. The van der Waals surface area contributed by atoms with E-state index in [-0.39, 0.29) is 0 Å². The molecule has 92 valence electrons. The molecule has 0 bridgehead atoms. The van der Waals surface area contributed by atoms with Crippen molar-refractivity contribution in [3.63, 3.8) is 0 Å². The minimum Gasteiger partial charge on any atom is -0.382 e. The summed E-state index contributed by atoms with van der Waals surface area (Å²) in [6, 6.07) is 4.98. The van der Waals surface area contributed by atoms with E-state index >= 15 is 0 Å². The molecule has 0 aliphatic rings. The van der Waals surface area contributed by atoms with Crippen LogP contribution in [0.4, 0.5) is 0 Å². The molecule has 1 rings (SSSR count). The van der Waals surface area contributed by atoms with Gasteiger partial charge in [0.1, 0.15) is 0 Å². The topological polar surface area (TPSA) is 30.5 Å². The average molecular weight is 243 g/mol. The lowest BCUT2D eigenvalue weighted by atomic mass is 10.2. The van der Waals surface area contributed by atoms with Crippen LogP contribution in [-0.2, 0) is 9.47 Å². The molecule has 16 heavy (non-hydrogen) atoms. The van der Waals surface area contributed by atoms with Crippen molar-refractivity contribution in [1.29, 1.82) is 0 Å². The predicted octanol–water partition coefficient (Wildman–Crippen LogP) is 2.45. The molecule has 1 heterocycles. The Balaban J connectivity index is 2.16. The highest BCUT2D eigenvalue weighted by Crippen LogP contribution is 2.18. The molecular weight excluding hydrogens is 222 g/mol. The Kier molecular flexibility index (Phi) is 6.64. The second-order valence-electron chi connectivity index (χ2n) is 3.87. The third kappa shape index (κ3) is 5.07. The van der Waals surface area contributed by atoms with Crippen molar-refractivity contribution in [3.05, 3.63) is 22.4 Å². The van der Waals surface area contributed by atoms with Gasteiger partial charge in [-0.15, -0.1) is 11.3 Å². The molecule has 0 saturated heterocycles. The standard InChI is InChI=1S/C12H21NO2S/c1-10(9-15-7-6-14-3)13-11(2)12-5-4-8-16-12/h4-5,8,10-11,13H,6-7,9H2,1-3H3. The van der Waals surface area contributed by atoms with Crippen molar-refractivity contribution in [1.82, 2.24) is 5.32 Å². The van der Waals surface area contributed by atoms with Crippen LogP contribution in [0.25, 0.3) is 0 Å². The van der Waals surface area contributed by atoms with Gasteiger partial charge in [-0.1, -0.05) is 6.07 Å². The highest BCUT2D eigenvalue weighted by atomic mass is 32.1. The van der Waals surface area contributed by atoms with E-state index in [1.165, 1.54) is 4.88 Å². The molecule has 2 unspecified atom stereocenters. The highest BCUT2D eigenvalue weighted by molar-refractivity contribution is 7.10. The van der Waals surface area contributed by atoms with Gasteiger partial charge in [0.05, 0.1) is 19.8 Å². The maximum absolute atomic E-state index is 5.47. The van der Waals surface area contributed by atoms with Crippen LogP contribution in [0.1, 0.15) is 24.8 Å². The number of nitrogens with one attached hydrogen (secondary N) is 1. The average Bonchev–Trinajstić information content (AvgIpc) is 2.77. The fourth-order valence-corrected chi connectivity index (χ4v) is 2.24. The van der Waals surface area contributed by atoms with Crippen LogP contribution in [0.2, 0.25) is 0 Å². The van der Waals surface area contributed by atoms with E-state index < -0.39 is 0 Å². The molecule has 1 aromatic heterocycles. The summed E-state index contributed by atoms with van der Waals surface area (Å²) < 4.78 is 10.4. The van der Waals surface area contributed by atoms with E-state index in [2.05, 4.69) is 36.7 Å². The maximum Gasteiger partial charge on any atom is 0.0701 e. The Labute approximate surface area is 102 Å². The van der Waals surface area contributed by atoms with Crippen LogP contribution >= 0.6 is 11.3 Å². The summed E-state index contributed by atoms with van der Waals surface area (Å²) in [5, 5.41) is 5.61. The number of methoxy groups -OCH3 is 1. The van der Waals surface area contributed by atoms with Crippen LogP contribution in [0, 0.1) is 0 Å². The first kappa shape index (κ1) is 13.6. The van der Waals surface area contributed by atoms with Gasteiger partial charge in [0.15, 0.2) is 0 Å². The second kappa shape index (κ2) is 7.79. The second-order valence-corrected chi connectivity index (χ2v) is 4.85. The Morgan fingerprint density at radius 1 is 1.38 bits per heavy atom. The maximum atomic E-state index is 5.47. The lowest BCUT2D eigenvalue weighted by Gasteiger charge is -2.19. The molecule has 1 N–H and O–H groups in total. The number of hydrogen-bond acceptors (Lipinski definition) is 4. The number of thiophene rings is 1. The van der Waals surface area contributed by atoms with Gasteiger partial charge in [0.25, 0.3) is 0 Å². The Morgan fingerprint density at radius 3 is 2.81 bits per heavy atom. The van der Waals surface area contributed by atoms with Crippen molar-refractivity contribution in [2.45, 2.75) is 25.9 Å². The van der Waals surface area contributed by atoms with Gasteiger partial charge in [-0.25, -0.2) is 0 Å². The summed E-state index contributed by atoms with van der Waals surface area (Å²) >= 11 is 1.78. The van der Waals surface area contributed by atoms with E-state index in [9.17, 15) is 0 Å². The Morgan fingerprint density at radius 2 is 2.19 bits per heavy atom. The highest BCUT2D eigenvalue weighted by Gasteiger charge is 2.09. The Hall–Kier alpha value is -0.420. The van der Waals surface area contributed by atoms with Gasteiger partial charge >= 0.3 is 0 Å². The minimum absolute atomic E-state index is 0.356. The van der Waals surface area contributed by atoms with Crippen molar-refractivity contribution >= 4 is 11.3 Å². The summed E-state index contributed by atoms with van der Waals surface area (Å²) in [4.78, 5) is 1.36. The summed E-state index contributed by atoms with van der Waals surface area (Å²) in [7, 11) is 1.68. The van der Waals surface area contributed by atoms with E-state index in [1.807, 2.05) is 0 Å². The third-order valence-electron chi connectivity index (χ3n) is 2.30. The van der Waals surface area contributed by atoms with Gasteiger partial charge in [-0.05, 0) is 25.3 Å². The zero-order valence-electron chi connectivity index (χ0n) is 10.2. The largest absolute Gasteiger partial charge is 0.382 e. The predicted molar refractivity (Wildman–Crippen MR) is 68.0 cm³/mol. The Bertz CT molecular complexity index is 264. The molecule has 2 atom stereocenters. The van der Waals surface area contributed by atoms with Crippen LogP contribution in [0.15, 0.2) is 17.5 Å². The molecule has 0 amide bonds. The van der Waals surface area contributed by atoms with Crippen LogP contribution in [0.3, 0.4) is 0 Å². The van der Waals surface area contributed by atoms with E-state index in [4.69, 9.17) is 9.47 Å². The molecule has 0 aliphatic carbocycles. The molecule has 1 aromatic rings. The monoisotopic (exact) mass is 243 g/mol. The van der Waals surface area contributed by atoms with Crippen molar-refractivity contribution in [2.24, 2.45) is 0 Å². The number of ether oxygens (including phenoxy) is 2. The minimum atomic E-state index is 0.356. The van der Waals surface area contributed by atoms with Crippen molar-refractivity contribution < 1.29 is 9.47 Å². The van der Waals surface area contributed by atoms with Crippen LogP contribution in [0.5, 0.6) is 0 Å². The summed E-state index contributed by atoms with van der Waals surface area (Å²) in [5.41, 5.74) is 0. The summed E-state index contributed by atoms with van der Waals surface area (Å²) in [6.07, 6.45) is 0. The van der Waals surface area contributed by atoms with Gasteiger partial charge in [-0.2, -0.15) is 0 Å². The normalized spacial score (nSPS) is 14.9. The first-order valence-corrected chi connectivity index (χ1v) is 6.48. The lowest BCUT2D eigenvalue weighted by molar-refractivity contribution is 0.0597. The fraction of sp³-hybridized carbons (Fsp3) is 0.667. The van der Waals surface area contributed by atoms with E-state index in [0.29, 0.717) is 25.3 Å². The van der Waals surface area contributed by atoms with Gasteiger partial charge in [0, 0.05) is 24.1 Å². The zero-order valence-corrected chi connectivity index (χ0v) is 11.0. The molecule has 0 aliphatic heterocycles. The van der Waals surface area contributed by atoms with Crippen LogP contribution in [-0.4, -0.2) is 33.0 Å². The molecule has 0 fully saturated rings. The number of hydrogen-bond donors (Lipinski definition) is 1. The van der Waals surface area contributed by atoms with Crippen LogP contribution < -0.4 is 5.32 Å². The summed E-state index contributed by atoms with van der Waals surface area (Å²) in [5.74, 6) is 0. The van der Waals surface area contributed by atoms with Gasteiger partial charge in [-0.3, -0.25) is 0 Å². The number of rotatable bonds is 8. The first-order chi connectivity index (χ1) is 7.74. The molecule has 3 nitrogen and oxygen atoms in total. The molecule has 0 radical (unpaired) electrons. The van der Waals surface area contributed by atoms with E-state index in [1.54, 1.807) is 18.4 Å². The summed E-state index contributed by atoms with van der Waals surface area (Å²) in [6.45, 7) is 6.36.